The van der Waals surface area contributed by atoms with Crippen molar-refractivity contribution in [2.75, 3.05) is 17.7 Å². The molecule has 4 heteroatoms. The normalized spacial score (nSPS) is 15.5. The third-order valence-electron chi connectivity index (χ3n) is 3.87. The number of nitrogens with one attached hydrogen (secondary N) is 2. The maximum Gasteiger partial charge on any atom is 0.224 e. The van der Waals surface area contributed by atoms with Gasteiger partial charge in [-0.05, 0) is 44.7 Å². The van der Waals surface area contributed by atoms with Gasteiger partial charge in [-0.1, -0.05) is 12.1 Å². The average molecular weight is 256 g/mol. The van der Waals surface area contributed by atoms with Crippen LogP contribution in [0.15, 0.2) is 24.3 Å². The molecule has 1 aliphatic carbocycles. The fourth-order valence-electron chi connectivity index (χ4n) is 2.50. The van der Waals surface area contributed by atoms with E-state index in [2.05, 4.69) is 40.5 Å². The molecular weight excluding hydrogens is 236 g/mol. The van der Waals surface area contributed by atoms with Crippen LogP contribution in [0, 0.1) is 5.92 Å². The van der Waals surface area contributed by atoms with Crippen LogP contribution in [0.3, 0.4) is 0 Å². The minimum absolute atomic E-state index is 0.0855. The number of anilines is 2. The van der Waals surface area contributed by atoms with Crippen LogP contribution in [0.25, 0.3) is 10.9 Å². The fraction of sp³-hybridized carbons (Fsp3) is 0.467. The van der Waals surface area contributed by atoms with E-state index < -0.39 is 0 Å². The van der Waals surface area contributed by atoms with E-state index in [-0.39, 0.29) is 5.54 Å². The minimum atomic E-state index is 0.0855. The zero-order valence-corrected chi connectivity index (χ0v) is 11.7. The summed E-state index contributed by atoms with van der Waals surface area (Å²) in [6, 6.07) is 8.12. The van der Waals surface area contributed by atoms with Crippen LogP contribution in [0.4, 0.5) is 11.8 Å². The van der Waals surface area contributed by atoms with E-state index in [9.17, 15) is 0 Å². The van der Waals surface area contributed by atoms with E-state index in [1.54, 1.807) is 0 Å². The molecule has 1 aromatic heterocycles. The van der Waals surface area contributed by atoms with Gasteiger partial charge >= 0.3 is 0 Å². The molecule has 1 fully saturated rings. The molecule has 0 amide bonds. The third-order valence-corrected chi connectivity index (χ3v) is 3.87. The smallest absolute Gasteiger partial charge is 0.224 e. The predicted octanol–water partition coefficient (Wildman–Crippen LogP) is 3.27. The first-order valence-corrected chi connectivity index (χ1v) is 6.83. The first-order valence-electron chi connectivity index (χ1n) is 6.83. The molecule has 100 valence electrons. The van der Waals surface area contributed by atoms with Crippen LogP contribution < -0.4 is 10.6 Å². The zero-order valence-electron chi connectivity index (χ0n) is 11.7. The lowest BCUT2D eigenvalue weighted by Gasteiger charge is -2.27. The van der Waals surface area contributed by atoms with Gasteiger partial charge in [-0.15, -0.1) is 0 Å². The Morgan fingerprint density at radius 2 is 1.89 bits per heavy atom. The van der Waals surface area contributed by atoms with Gasteiger partial charge < -0.3 is 10.6 Å². The van der Waals surface area contributed by atoms with E-state index in [0.29, 0.717) is 5.95 Å². The highest BCUT2D eigenvalue weighted by Gasteiger charge is 2.38. The second-order valence-corrected chi connectivity index (χ2v) is 5.78. The summed E-state index contributed by atoms with van der Waals surface area (Å²) < 4.78 is 0. The predicted molar refractivity (Wildman–Crippen MR) is 79.5 cm³/mol. The standard InChI is InChI=1S/C15H20N4/c1-15(2,10-8-9-10)19-13-11-6-4-5-7-12(11)17-14(16-3)18-13/h4-7,10H,8-9H2,1-3H3,(H2,16,17,18,19). The Labute approximate surface area is 113 Å². The van der Waals surface area contributed by atoms with Gasteiger partial charge in [0.1, 0.15) is 5.82 Å². The van der Waals surface area contributed by atoms with Crippen LogP contribution in [-0.4, -0.2) is 22.6 Å². The lowest BCUT2D eigenvalue weighted by molar-refractivity contribution is 0.493. The molecular formula is C15H20N4. The Hall–Kier alpha value is -1.84. The second-order valence-electron chi connectivity index (χ2n) is 5.78. The first-order chi connectivity index (χ1) is 9.10. The number of rotatable bonds is 4. The monoisotopic (exact) mass is 256 g/mol. The quantitative estimate of drug-likeness (QED) is 0.881. The van der Waals surface area contributed by atoms with Crippen LogP contribution >= 0.6 is 0 Å². The van der Waals surface area contributed by atoms with Gasteiger partial charge in [-0.3, -0.25) is 0 Å². The van der Waals surface area contributed by atoms with Crippen LogP contribution in [0.1, 0.15) is 26.7 Å². The Bertz CT molecular complexity index is 602. The maximum atomic E-state index is 4.58. The first kappa shape index (κ1) is 12.2. The number of nitrogens with zero attached hydrogens (tertiary/aromatic N) is 2. The average Bonchev–Trinajstić information content (AvgIpc) is 3.22. The van der Waals surface area contributed by atoms with Crippen molar-refractivity contribution in [1.29, 1.82) is 0 Å². The van der Waals surface area contributed by atoms with Crippen molar-refractivity contribution in [2.45, 2.75) is 32.2 Å². The Morgan fingerprint density at radius 3 is 2.58 bits per heavy atom. The van der Waals surface area contributed by atoms with Gasteiger partial charge in [-0.25, -0.2) is 4.98 Å². The molecule has 0 unspecified atom stereocenters. The number of hydrogen-bond acceptors (Lipinski definition) is 4. The summed E-state index contributed by atoms with van der Waals surface area (Å²) >= 11 is 0. The van der Waals surface area contributed by atoms with E-state index in [1.165, 1.54) is 12.8 Å². The Balaban J connectivity index is 2.05. The second kappa shape index (κ2) is 4.37. The van der Waals surface area contributed by atoms with Crippen molar-refractivity contribution in [3.8, 4) is 0 Å². The van der Waals surface area contributed by atoms with Gasteiger partial charge in [0.05, 0.1) is 5.52 Å². The van der Waals surface area contributed by atoms with Crippen LogP contribution in [0.2, 0.25) is 0 Å². The van der Waals surface area contributed by atoms with Crippen LogP contribution in [-0.2, 0) is 0 Å². The molecule has 1 aliphatic rings. The molecule has 1 aromatic carbocycles. The van der Waals surface area contributed by atoms with Gasteiger partial charge in [-0.2, -0.15) is 4.98 Å². The summed E-state index contributed by atoms with van der Waals surface area (Å²) in [4.78, 5) is 9.06. The highest BCUT2D eigenvalue weighted by molar-refractivity contribution is 5.90. The molecule has 19 heavy (non-hydrogen) atoms. The number of benzene rings is 1. The molecule has 0 bridgehead atoms. The van der Waals surface area contributed by atoms with Crippen molar-refractivity contribution < 1.29 is 0 Å². The summed E-state index contributed by atoms with van der Waals surface area (Å²) in [5.41, 5.74) is 1.05. The summed E-state index contributed by atoms with van der Waals surface area (Å²) in [6.45, 7) is 4.50. The largest absolute Gasteiger partial charge is 0.364 e. The van der Waals surface area contributed by atoms with Crippen molar-refractivity contribution >= 4 is 22.7 Å². The SMILES string of the molecule is CNc1nc(NC(C)(C)C2CC2)c2ccccc2n1. The molecule has 0 aliphatic heterocycles. The lowest BCUT2D eigenvalue weighted by atomic mass is 9.98. The van der Waals surface area contributed by atoms with E-state index in [1.807, 2.05) is 25.2 Å². The molecule has 0 atom stereocenters. The maximum absolute atomic E-state index is 4.58. The summed E-state index contributed by atoms with van der Waals surface area (Å²) in [5, 5.41) is 7.71. The zero-order chi connectivity index (χ0) is 13.5. The Kier molecular flexibility index (Phi) is 2.81. The topological polar surface area (TPSA) is 49.8 Å². The number of para-hydroxylation sites is 1. The number of aromatic nitrogens is 2. The Morgan fingerprint density at radius 1 is 1.16 bits per heavy atom. The van der Waals surface area contributed by atoms with E-state index in [4.69, 9.17) is 0 Å². The number of fused-ring (bicyclic) bond motifs is 1. The molecule has 1 heterocycles. The molecule has 2 aromatic rings. The van der Waals surface area contributed by atoms with Crippen LogP contribution in [0.5, 0.6) is 0 Å². The van der Waals surface area contributed by atoms with Gasteiger partial charge in [0.2, 0.25) is 5.95 Å². The molecule has 3 rings (SSSR count). The summed E-state index contributed by atoms with van der Waals surface area (Å²) in [6.07, 6.45) is 2.61. The summed E-state index contributed by atoms with van der Waals surface area (Å²) in [7, 11) is 1.85. The minimum Gasteiger partial charge on any atom is -0.364 e. The lowest BCUT2D eigenvalue weighted by Crippen LogP contribution is -2.33. The van der Waals surface area contributed by atoms with E-state index in [0.717, 1.165) is 22.6 Å². The van der Waals surface area contributed by atoms with Crippen molar-refractivity contribution in [3.05, 3.63) is 24.3 Å². The highest BCUT2D eigenvalue weighted by atomic mass is 15.2. The van der Waals surface area contributed by atoms with Gasteiger partial charge in [0, 0.05) is 18.0 Å². The molecule has 0 spiro atoms. The number of hydrogen-bond donors (Lipinski definition) is 2. The highest BCUT2D eigenvalue weighted by Crippen LogP contribution is 2.41. The molecule has 0 radical (unpaired) electrons. The van der Waals surface area contributed by atoms with Gasteiger partial charge in [0.15, 0.2) is 0 Å². The molecule has 0 saturated heterocycles. The molecule has 1 saturated carbocycles. The molecule has 2 N–H and O–H groups in total. The van der Waals surface area contributed by atoms with Crippen molar-refractivity contribution in [1.82, 2.24) is 9.97 Å². The fourth-order valence-corrected chi connectivity index (χ4v) is 2.50. The van der Waals surface area contributed by atoms with Crippen molar-refractivity contribution in [2.24, 2.45) is 5.92 Å². The summed E-state index contributed by atoms with van der Waals surface area (Å²) in [5.74, 6) is 2.33. The molecule has 4 nitrogen and oxygen atoms in total. The van der Waals surface area contributed by atoms with Crippen molar-refractivity contribution in [3.63, 3.8) is 0 Å². The van der Waals surface area contributed by atoms with Gasteiger partial charge in [0.25, 0.3) is 0 Å². The third kappa shape index (κ3) is 2.35. The van der Waals surface area contributed by atoms with E-state index >= 15 is 0 Å².